The Morgan fingerprint density at radius 3 is 2.67 bits per heavy atom. The summed E-state index contributed by atoms with van der Waals surface area (Å²) in [4.78, 5) is 2.65. The Morgan fingerprint density at radius 1 is 1.28 bits per heavy atom. The number of halogens is 1. The molecule has 96 valence electrons. The number of aryl methyl sites for hydroxylation is 1. The molecule has 0 spiro atoms. The van der Waals surface area contributed by atoms with Gasteiger partial charge in [-0.3, -0.25) is 0 Å². The van der Waals surface area contributed by atoms with Gasteiger partial charge in [-0.1, -0.05) is 11.6 Å². The van der Waals surface area contributed by atoms with Crippen LogP contribution < -0.4 is 10.1 Å². The first-order chi connectivity index (χ1) is 8.60. The molecule has 4 heteroatoms. The predicted octanol–water partition coefficient (Wildman–Crippen LogP) is 4.89. The monoisotopic (exact) mass is 281 g/mol. The van der Waals surface area contributed by atoms with Crippen molar-refractivity contribution >= 4 is 28.6 Å². The van der Waals surface area contributed by atoms with E-state index in [-0.39, 0.29) is 6.04 Å². The van der Waals surface area contributed by atoms with Gasteiger partial charge in [0.1, 0.15) is 5.75 Å². The summed E-state index contributed by atoms with van der Waals surface area (Å²) in [6, 6.07) is 10.3. The molecule has 0 aliphatic rings. The Kier molecular flexibility index (Phi) is 4.15. The van der Waals surface area contributed by atoms with Crippen molar-refractivity contribution < 1.29 is 4.74 Å². The first-order valence-corrected chi connectivity index (χ1v) is 6.96. The first-order valence-electron chi connectivity index (χ1n) is 5.76. The Morgan fingerprint density at radius 2 is 2.06 bits per heavy atom. The third kappa shape index (κ3) is 2.98. The number of ether oxygens (including phenoxy) is 1. The van der Waals surface area contributed by atoms with Crippen LogP contribution >= 0.6 is 22.9 Å². The van der Waals surface area contributed by atoms with Crippen molar-refractivity contribution in [1.82, 2.24) is 0 Å². The van der Waals surface area contributed by atoms with Crippen LogP contribution in [0.2, 0.25) is 5.02 Å². The van der Waals surface area contributed by atoms with Gasteiger partial charge in [-0.05, 0) is 38.1 Å². The third-order valence-electron chi connectivity index (χ3n) is 2.72. The van der Waals surface area contributed by atoms with E-state index in [9.17, 15) is 0 Å². The largest absolute Gasteiger partial charge is 0.495 e. The predicted molar refractivity (Wildman–Crippen MR) is 79.1 cm³/mol. The van der Waals surface area contributed by atoms with Crippen LogP contribution in [-0.2, 0) is 0 Å². The van der Waals surface area contributed by atoms with Crippen molar-refractivity contribution in [3.63, 3.8) is 0 Å². The zero-order chi connectivity index (χ0) is 13.1. The summed E-state index contributed by atoms with van der Waals surface area (Å²) >= 11 is 7.81. The minimum Gasteiger partial charge on any atom is -0.495 e. The van der Waals surface area contributed by atoms with E-state index in [1.165, 1.54) is 9.75 Å². The number of methoxy groups -OCH3 is 1. The average molecular weight is 282 g/mol. The second-order valence-electron chi connectivity index (χ2n) is 4.16. The van der Waals surface area contributed by atoms with E-state index in [0.29, 0.717) is 10.8 Å². The lowest BCUT2D eigenvalue weighted by Gasteiger charge is -2.15. The maximum absolute atomic E-state index is 6.00. The summed E-state index contributed by atoms with van der Waals surface area (Å²) in [6.45, 7) is 4.26. The van der Waals surface area contributed by atoms with E-state index in [4.69, 9.17) is 16.3 Å². The zero-order valence-electron chi connectivity index (χ0n) is 10.7. The van der Waals surface area contributed by atoms with Crippen LogP contribution in [-0.4, -0.2) is 7.11 Å². The molecule has 1 aromatic heterocycles. The quantitative estimate of drug-likeness (QED) is 0.861. The minimum absolute atomic E-state index is 0.273. The normalized spacial score (nSPS) is 12.2. The van der Waals surface area contributed by atoms with Crippen LogP contribution in [0, 0.1) is 6.92 Å². The fourth-order valence-corrected chi connectivity index (χ4v) is 2.83. The van der Waals surface area contributed by atoms with Gasteiger partial charge in [0.15, 0.2) is 0 Å². The highest BCUT2D eigenvalue weighted by atomic mass is 35.5. The molecular formula is C14H16ClNOS. The van der Waals surface area contributed by atoms with Crippen molar-refractivity contribution in [2.24, 2.45) is 0 Å². The second-order valence-corrected chi connectivity index (χ2v) is 5.89. The molecule has 0 saturated carbocycles. The molecule has 1 N–H and O–H groups in total. The third-order valence-corrected chi connectivity index (χ3v) is 4.22. The van der Waals surface area contributed by atoms with Gasteiger partial charge in [-0.25, -0.2) is 0 Å². The Balaban J connectivity index is 2.14. The number of rotatable bonds is 4. The summed E-state index contributed by atoms with van der Waals surface area (Å²) in [7, 11) is 1.62. The van der Waals surface area contributed by atoms with Crippen molar-refractivity contribution in [3.05, 3.63) is 45.1 Å². The van der Waals surface area contributed by atoms with E-state index in [1.54, 1.807) is 7.11 Å². The van der Waals surface area contributed by atoms with Crippen molar-refractivity contribution in [2.45, 2.75) is 19.9 Å². The van der Waals surface area contributed by atoms with Gasteiger partial charge in [-0.15, -0.1) is 11.3 Å². The topological polar surface area (TPSA) is 21.3 Å². The molecule has 0 bridgehead atoms. The van der Waals surface area contributed by atoms with E-state index >= 15 is 0 Å². The first kappa shape index (κ1) is 13.2. The van der Waals surface area contributed by atoms with E-state index in [0.717, 1.165) is 5.69 Å². The standard InChI is InChI=1S/C14H16ClNOS/c1-9-4-7-14(18-9)10(2)16-11-5-6-12(15)13(8-11)17-3/h4-8,10,16H,1-3H3. The van der Waals surface area contributed by atoms with E-state index in [2.05, 4.69) is 31.3 Å². The van der Waals surface area contributed by atoms with Gasteiger partial charge in [0.2, 0.25) is 0 Å². The van der Waals surface area contributed by atoms with Crippen LogP contribution in [0.3, 0.4) is 0 Å². The summed E-state index contributed by atoms with van der Waals surface area (Å²) in [5.74, 6) is 0.691. The Bertz CT molecular complexity index is 538. The van der Waals surface area contributed by atoms with Gasteiger partial charge in [0.25, 0.3) is 0 Å². The highest BCUT2D eigenvalue weighted by Gasteiger charge is 2.09. The lowest BCUT2D eigenvalue weighted by Crippen LogP contribution is -2.04. The van der Waals surface area contributed by atoms with Gasteiger partial charge < -0.3 is 10.1 Å². The molecule has 2 aromatic rings. The molecule has 18 heavy (non-hydrogen) atoms. The van der Waals surface area contributed by atoms with Crippen LogP contribution in [0.5, 0.6) is 5.75 Å². The molecule has 0 aliphatic carbocycles. The number of anilines is 1. The fraction of sp³-hybridized carbons (Fsp3) is 0.286. The number of hydrogen-bond donors (Lipinski definition) is 1. The molecule has 1 atom stereocenters. The molecule has 0 saturated heterocycles. The van der Waals surface area contributed by atoms with Crippen molar-refractivity contribution in [3.8, 4) is 5.75 Å². The molecule has 1 aromatic carbocycles. The zero-order valence-corrected chi connectivity index (χ0v) is 12.2. The van der Waals surface area contributed by atoms with Crippen LogP contribution in [0.25, 0.3) is 0 Å². The van der Waals surface area contributed by atoms with Gasteiger partial charge in [0.05, 0.1) is 18.2 Å². The van der Waals surface area contributed by atoms with E-state index in [1.807, 2.05) is 29.5 Å². The molecule has 2 rings (SSSR count). The van der Waals surface area contributed by atoms with Gasteiger partial charge in [0, 0.05) is 21.5 Å². The summed E-state index contributed by atoms with van der Waals surface area (Å²) in [5.41, 5.74) is 1.01. The second kappa shape index (κ2) is 5.63. The van der Waals surface area contributed by atoms with Crippen LogP contribution in [0.4, 0.5) is 5.69 Å². The Hall–Kier alpha value is -1.19. The van der Waals surface area contributed by atoms with Gasteiger partial charge in [-0.2, -0.15) is 0 Å². The molecule has 0 radical (unpaired) electrons. The molecule has 0 amide bonds. The highest BCUT2D eigenvalue weighted by molar-refractivity contribution is 7.12. The number of benzene rings is 1. The molecule has 0 aliphatic heterocycles. The lowest BCUT2D eigenvalue weighted by atomic mass is 10.2. The number of hydrogen-bond acceptors (Lipinski definition) is 3. The fourth-order valence-electron chi connectivity index (χ4n) is 1.76. The molecule has 2 nitrogen and oxygen atoms in total. The van der Waals surface area contributed by atoms with Crippen LogP contribution in [0.15, 0.2) is 30.3 Å². The maximum atomic E-state index is 6.00. The summed E-state index contributed by atoms with van der Waals surface area (Å²) < 4.78 is 5.21. The summed E-state index contributed by atoms with van der Waals surface area (Å²) in [6.07, 6.45) is 0. The SMILES string of the molecule is COc1cc(NC(C)c2ccc(C)s2)ccc1Cl. The Labute approximate surface area is 117 Å². The van der Waals surface area contributed by atoms with Crippen molar-refractivity contribution in [1.29, 1.82) is 0 Å². The average Bonchev–Trinajstić information content (AvgIpc) is 2.78. The lowest BCUT2D eigenvalue weighted by molar-refractivity contribution is 0.415. The molecule has 0 fully saturated rings. The highest BCUT2D eigenvalue weighted by Crippen LogP contribution is 2.30. The van der Waals surface area contributed by atoms with Gasteiger partial charge >= 0.3 is 0 Å². The molecule has 1 heterocycles. The molecular weight excluding hydrogens is 266 g/mol. The van der Waals surface area contributed by atoms with Crippen LogP contribution in [0.1, 0.15) is 22.7 Å². The maximum Gasteiger partial charge on any atom is 0.139 e. The number of nitrogens with one attached hydrogen (secondary N) is 1. The smallest absolute Gasteiger partial charge is 0.139 e. The minimum atomic E-state index is 0.273. The van der Waals surface area contributed by atoms with Crippen molar-refractivity contribution in [2.75, 3.05) is 12.4 Å². The summed E-state index contributed by atoms with van der Waals surface area (Å²) in [5, 5.41) is 4.07. The van der Waals surface area contributed by atoms with E-state index < -0.39 is 0 Å². The molecule has 1 unspecified atom stereocenters. The number of thiophene rings is 1.